The fourth-order valence-electron chi connectivity index (χ4n) is 3.88. The molecular formula is C24H25FN2OS. The van der Waals surface area contributed by atoms with Gasteiger partial charge < -0.3 is 4.90 Å². The number of nitrogens with zero attached hydrogens (tertiary/aromatic N) is 2. The molecule has 3 nitrogen and oxygen atoms in total. The molecule has 2 heterocycles. The number of benzene rings is 2. The smallest absolute Gasteiger partial charge is 0.246 e. The predicted molar refractivity (Wildman–Crippen MR) is 118 cm³/mol. The van der Waals surface area contributed by atoms with Gasteiger partial charge in [0.1, 0.15) is 5.82 Å². The molecule has 0 aliphatic carbocycles. The molecule has 0 spiro atoms. The first-order valence-corrected chi connectivity index (χ1v) is 10.8. The Kier molecular flexibility index (Phi) is 5.79. The van der Waals surface area contributed by atoms with E-state index in [9.17, 15) is 9.18 Å². The molecule has 5 heteroatoms. The Morgan fingerprint density at radius 3 is 2.62 bits per heavy atom. The van der Waals surface area contributed by atoms with Crippen LogP contribution in [-0.4, -0.2) is 40.9 Å². The van der Waals surface area contributed by atoms with E-state index < -0.39 is 0 Å². The van der Waals surface area contributed by atoms with Crippen molar-refractivity contribution in [3.05, 3.63) is 76.9 Å². The molecule has 3 aromatic rings. The van der Waals surface area contributed by atoms with Gasteiger partial charge in [-0.2, -0.15) is 0 Å². The van der Waals surface area contributed by atoms with E-state index in [4.69, 9.17) is 0 Å². The summed E-state index contributed by atoms with van der Waals surface area (Å²) in [6.07, 6.45) is 3.62. The number of amides is 1. The number of fused-ring (bicyclic) bond motifs is 1. The highest BCUT2D eigenvalue weighted by Crippen LogP contribution is 2.26. The van der Waals surface area contributed by atoms with E-state index in [1.165, 1.54) is 22.2 Å². The van der Waals surface area contributed by atoms with Crippen molar-refractivity contribution in [1.29, 1.82) is 0 Å². The van der Waals surface area contributed by atoms with Gasteiger partial charge in [-0.05, 0) is 55.1 Å². The van der Waals surface area contributed by atoms with Gasteiger partial charge in [0.05, 0.1) is 0 Å². The van der Waals surface area contributed by atoms with Gasteiger partial charge in [0, 0.05) is 47.4 Å². The van der Waals surface area contributed by atoms with Gasteiger partial charge in [0.2, 0.25) is 5.91 Å². The zero-order valence-electron chi connectivity index (χ0n) is 16.7. The van der Waals surface area contributed by atoms with Crippen LogP contribution >= 0.6 is 11.3 Å². The third kappa shape index (κ3) is 4.57. The molecule has 29 heavy (non-hydrogen) atoms. The monoisotopic (exact) mass is 408 g/mol. The Bertz CT molecular complexity index is 994. The molecule has 0 unspecified atom stereocenters. The van der Waals surface area contributed by atoms with Gasteiger partial charge in [-0.15, -0.1) is 11.3 Å². The molecule has 1 saturated heterocycles. The lowest BCUT2D eigenvalue weighted by Gasteiger charge is -2.43. The van der Waals surface area contributed by atoms with Gasteiger partial charge in [-0.3, -0.25) is 9.69 Å². The maximum atomic E-state index is 13.1. The molecule has 0 saturated carbocycles. The van der Waals surface area contributed by atoms with E-state index in [-0.39, 0.29) is 23.8 Å². The molecule has 2 aromatic carbocycles. The Balaban J connectivity index is 1.40. The van der Waals surface area contributed by atoms with Crippen LogP contribution in [0.4, 0.5) is 4.39 Å². The second kappa shape index (κ2) is 8.47. The summed E-state index contributed by atoms with van der Waals surface area (Å²) < 4.78 is 14.4. The lowest BCUT2D eigenvalue weighted by molar-refractivity contribution is -0.131. The first-order chi connectivity index (χ1) is 14.0. The Morgan fingerprint density at radius 1 is 1.10 bits per heavy atom. The number of hydrogen-bond donors (Lipinski definition) is 0. The normalized spacial score (nSPS) is 20.6. The topological polar surface area (TPSA) is 23.6 Å². The summed E-state index contributed by atoms with van der Waals surface area (Å²) in [5.41, 5.74) is 1.09. The lowest BCUT2D eigenvalue weighted by atomic mass is 10.1. The van der Waals surface area contributed by atoms with E-state index in [0.29, 0.717) is 6.54 Å². The molecule has 2 atom stereocenters. The number of hydrogen-bond acceptors (Lipinski definition) is 3. The van der Waals surface area contributed by atoms with Gasteiger partial charge in [-0.1, -0.05) is 30.3 Å². The van der Waals surface area contributed by atoms with Crippen molar-refractivity contribution in [3.63, 3.8) is 0 Å². The largest absolute Gasteiger partial charge is 0.334 e. The number of carbonyl (C=O) groups excluding carboxylic acids is 1. The molecule has 0 radical (unpaired) electrons. The number of thiophene rings is 1. The maximum Gasteiger partial charge on any atom is 0.246 e. The van der Waals surface area contributed by atoms with Crippen molar-refractivity contribution in [1.82, 2.24) is 9.80 Å². The van der Waals surface area contributed by atoms with Crippen LogP contribution in [0.2, 0.25) is 0 Å². The van der Waals surface area contributed by atoms with Crippen molar-refractivity contribution in [2.75, 3.05) is 13.1 Å². The fraction of sp³-hybridized carbons (Fsp3) is 0.292. The molecule has 1 aliphatic rings. The quantitative estimate of drug-likeness (QED) is 0.556. The van der Waals surface area contributed by atoms with Crippen molar-refractivity contribution < 1.29 is 9.18 Å². The highest BCUT2D eigenvalue weighted by Gasteiger charge is 2.30. The minimum Gasteiger partial charge on any atom is -0.334 e. The molecule has 150 valence electrons. The summed E-state index contributed by atoms with van der Waals surface area (Å²) >= 11 is 1.70. The minimum absolute atomic E-state index is 0.0586. The molecule has 1 fully saturated rings. The van der Waals surface area contributed by atoms with Gasteiger partial charge in [-0.25, -0.2) is 4.39 Å². The number of carbonyl (C=O) groups is 1. The minimum atomic E-state index is -0.212. The number of halogens is 1. The molecule has 0 bridgehead atoms. The average molecular weight is 409 g/mol. The Labute approximate surface area is 175 Å². The summed E-state index contributed by atoms with van der Waals surface area (Å²) in [4.78, 5) is 18.2. The highest BCUT2D eigenvalue weighted by atomic mass is 32.1. The summed E-state index contributed by atoms with van der Waals surface area (Å²) in [5.74, 6) is -0.153. The first kappa shape index (κ1) is 19.8. The van der Waals surface area contributed by atoms with E-state index in [0.717, 1.165) is 23.5 Å². The van der Waals surface area contributed by atoms with Crippen LogP contribution in [0.5, 0.6) is 0 Å². The summed E-state index contributed by atoms with van der Waals surface area (Å²) in [5, 5.41) is 1.21. The van der Waals surface area contributed by atoms with Crippen LogP contribution in [0.3, 0.4) is 0 Å². The summed E-state index contributed by atoms with van der Waals surface area (Å²) in [6, 6.07) is 17.4. The van der Waals surface area contributed by atoms with Crippen LogP contribution in [0.15, 0.2) is 60.7 Å². The van der Waals surface area contributed by atoms with Crippen LogP contribution in [-0.2, 0) is 11.3 Å². The predicted octanol–water partition coefficient (Wildman–Crippen LogP) is 5.18. The van der Waals surface area contributed by atoms with E-state index in [2.05, 4.69) is 36.9 Å². The van der Waals surface area contributed by atoms with E-state index in [1.54, 1.807) is 17.4 Å². The third-order valence-corrected chi connectivity index (χ3v) is 6.61. The second-order valence-corrected chi connectivity index (χ2v) is 8.88. The van der Waals surface area contributed by atoms with Crippen molar-refractivity contribution >= 4 is 33.4 Å². The highest BCUT2D eigenvalue weighted by molar-refractivity contribution is 7.19. The van der Waals surface area contributed by atoms with Crippen LogP contribution in [0, 0.1) is 5.82 Å². The lowest BCUT2D eigenvalue weighted by Crippen LogP contribution is -2.57. The molecule has 4 rings (SSSR count). The zero-order valence-corrected chi connectivity index (χ0v) is 17.5. The Morgan fingerprint density at radius 2 is 1.86 bits per heavy atom. The van der Waals surface area contributed by atoms with Crippen LogP contribution < -0.4 is 0 Å². The molecule has 1 aromatic heterocycles. The van der Waals surface area contributed by atoms with Gasteiger partial charge >= 0.3 is 0 Å². The average Bonchev–Trinajstić information content (AvgIpc) is 3.13. The summed E-state index contributed by atoms with van der Waals surface area (Å²) in [6.45, 7) is 6.50. The fourth-order valence-corrected chi connectivity index (χ4v) is 4.85. The molecule has 1 aliphatic heterocycles. The van der Waals surface area contributed by atoms with E-state index >= 15 is 0 Å². The van der Waals surface area contributed by atoms with Crippen LogP contribution in [0.25, 0.3) is 16.2 Å². The van der Waals surface area contributed by atoms with Crippen molar-refractivity contribution in [2.24, 2.45) is 0 Å². The third-order valence-electron chi connectivity index (χ3n) is 5.53. The van der Waals surface area contributed by atoms with Crippen LogP contribution in [0.1, 0.15) is 24.3 Å². The van der Waals surface area contributed by atoms with Gasteiger partial charge in [0.25, 0.3) is 0 Å². The number of rotatable bonds is 4. The molecular weight excluding hydrogens is 383 g/mol. The first-order valence-electron chi connectivity index (χ1n) is 9.95. The van der Waals surface area contributed by atoms with Crippen molar-refractivity contribution in [2.45, 2.75) is 32.5 Å². The van der Waals surface area contributed by atoms with Gasteiger partial charge in [0.15, 0.2) is 0 Å². The number of piperazine rings is 1. The standard InChI is InChI=1S/C24H25FN2OS/c1-17-15-27(18(2)14-26(17)16-19-7-9-21(25)10-8-19)24(28)12-11-22-13-20-5-3-4-6-23(20)29-22/h3-13,17-18H,14-16H2,1-2H3/t17-,18+/m0/s1. The maximum absolute atomic E-state index is 13.1. The molecule has 0 N–H and O–H groups in total. The van der Waals surface area contributed by atoms with E-state index in [1.807, 2.05) is 35.2 Å². The zero-order chi connectivity index (χ0) is 20.4. The Hall–Kier alpha value is -2.50. The van der Waals surface area contributed by atoms with Crippen molar-refractivity contribution in [3.8, 4) is 0 Å². The second-order valence-electron chi connectivity index (χ2n) is 7.76. The molecule has 1 amide bonds. The summed E-state index contributed by atoms with van der Waals surface area (Å²) in [7, 11) is 0. The SMILES string of the molecule is C[C@@H]1CN(Cc2ccc(F)cc2)[C@@H](C)CN1C(=O)C=Cc1cc2ccccc2s1.